The van der Waals surface area contributed by atoms with Crippen LogP contribution in [0.25, 0.3) is 0 Å². The molecule has 0 radical (unpaired) electrons. The Hall–Kier alpha value is -2.21. The van der Waals surface area contributed by atoms with Gasteiger partial charge in [0.1, 0.15) is 5.84 Å². The first-order chi connectivity index (χ1) is 9.51. The van der Waals surface area contributed by atoms with Gasteiger partial charge in [0.15, 0.2) is 5.03 Å². The summed E-state index contributed by atoms with van der Waals surface area (Å²) in [5.41, 5.74) is 1.99. The number of hydrogen-bond acceptors (Lipinski definition) is 4. The molecule has 1 N–H and O–H groups in total. The summed E-state index contributed by atoms with van der Waals surface area (Å²) in [5, 5.41) is 8.12. The van der Waals surface area contributed by atoms with Crippen molar-refractivity contribution in [3.8, 4) is 0 Å². The lowest BCUT2D eigenvalue weighted by Gasteiger charge is -2.16. The van der Waals surface area contributed by atoms with Crippen LogP contribution < -0.4 is 0 Å². The summed E-state index contributed by atoms with van der Waals surface area (Å²) in [6, 6.07) is 11.0. The van der Waals surface area contributed by atoms with Gasteiger partial charge in [-0.05, 0) is 24.1 Å². The van der Waals surface area contributed by atoms with Crippen molar-refractivity contribution in [2.45, 2.75) is 18.5 Å². The second kappa shape index (κ2) is 4.42. The third-order valence-electron chi connectivity index (χ3n) is 3.31. The Morgan fingerprint density at radius 3 is 2.55 bits per heavy atom. The molecule has 0 spiro atoms. The van der Waals surface area contributed by atoms with Gasteiger partial charge in [-0.1, -0.05) is 30.3 Å². The van der Waals surface area contributed by atoms with Crippen molar-refractivity contribution in [3.63, 3.8) is 0 Å². The summed E-state index contributed by atoms with van der Waals surface area (Å²) in [6.07, 6.45) is 1.46. The van der Waals surface area contributed by atoms with Crippen LogP contribution in [0.1, 0.15) is 16.7 Å². The Kier molecular flexibility index (Phi) is 2.83. The predicted molar refractivity (Wildman–Crippen MR) is 75.0 cm³/mol. The van der Waals surface area contributed by atoms with Gasteiger partial charge in [-0.2, -0.15) is 8.42 Å². The molecule has 20 heavy (non-hydrogen) atoms. The van der Waals surface area contributed by atoms with Crippen LogP contribution in [0.15, 0.2) is 47.6 Å². The molecule has 0 saturated carbocycles. The molecular formula is C14H13N3O2S. The summed E-state index contributed by atoms with van der Waals surface area (Å²) >= 11 is 0. The highest BCUT2D eigenvalue weighted by Crippen LogP contribution is 2.31. The maximum absolute atomic E-state index is 12.5. The van der Waals surface area contributed by atoms with Crippen LogP contribution >= 0.6 is 0 Å². The van der Waals surface area contributed by atoms with E-state index < -0.39 is 10.0 Å². The molecule has 1 aromatic heterocycles. The average Bonchev–Trinajstić information content (AvgIpc) is 2.62. The zero-order valence-electron chi connectivity index (χ0n) is 10.9. The highest BCUT2D eigenvalue weighted by atomic mass is 32.2. The van der Waals surface area contributed by atoms with Gasteiger partial charge in [0, 0.05) is 6.20 Å². The van der Waals surface area contributed by atoms with Gasteiger partial charge in [-0.15, -0.1) is 0 Å². The second-order valence-electron chi connectivity index (χ2n) is 4.65. The van der Waals surface area contributed by atoms with Gasteiger partial charge < -0.3 is 0 Å². The van der Waals surface area contributed by atoms with Crippen LogP contribution in [0.4, 0.5) is 0 Å². The largest absolute Gasteiger partial charge is 0.284 e. The number of nitrogens with zero attached hydrogens (tertiary/aromatic N) is 2. The van der Waals surface area contributed by atoms with Gasteiger partial charge in [0.25, 0.3) is 10.0 Å². The van der Waals surface area contributed by atoms with E-state index in [0.717, 1.165) is 15.4 Å². The molecular weight excluding hydrogens is 274 g/mol. The van der Waals surface area contributed by atoms with Crippen molar-refractivity contribution in [1.82, 2.24) is 9.29 Å². The molecule has 1 aromatic carbocycles. The van der Waals surface area contributed by atoms with Gasteiger partial charge in [-0.25, -0.2) is 9.29 Å². The van der Waals surface area contributed by atoms with Crippen LogP contribution in [-0.4, -0.2) is 23.5 Å². The van der Waals surface area contributed by atoms with Crippen LogP contribution in [0, 0.1) is 12.3 Å². The van der Waals surface area contributed by atoms with Crippen molar-refractivity contribution < 1.29 is 8.42 Å². The number of aromatic nitrogens is 1. The molecule has 6 heteroatoms. The second-order valence-corrected chi connectivity index (χ2v) is 6.43. The van der Waals surface area contributed by atoms with E-state index in [2.05, 4.69) is 4.98 Å². The summed E-state index contributed by atoms with van der Waals surface area (Å²) in [5.74, 6) is -0.00514. The molecule has 0 aliphatic carbocycles. The molecule has 102 valence electrons. The normalized spacial score (nSPS) is 16.2. The lowest BCUT2D eigenvalue weighted by molar-refractivity contribution is 0.524. The maximum Gasteiger partial charge on any atom is 0.284 e. The Balaban J connectivity index is 2.08. The van der Waals surface area contributed by atoms with E-state index in [1.165, 1.54) is 6.20 Å². The molecule has 2 heterocycles. The molecule has 0 atom stereocenters. The van der Waals surface area contributed by atoms with Gasteiger partial charge in [0.2, 0.25) is 0 Å². The van der Waals surface area contributed by atoms with Gasteiger partial charge in [-0.3, -0.25) is 5.41 Å². The van der Waals surface area contributed by atoms with Crippen LogP contribution in [0.5, 0.6) is 0 Å². The number of amidine groups is 1. The van der Waals surface area contributed by atoms with Crippen molar-refractivity contribution in [3.05, 3.63) is 59.3 Å². The summed E-state index contributed by atoms with van der Waals surface area (Å²) < 4.78 is 26.1. The third-order valence-corrected chi connectivity index (χ3v) is 5.00. The number of sulfonamides is 1. The highest BCUT2D eigenvalue weighted by molar-refractivity contribution is 7.90. The standard InChI is InChI=1S/C14H13N3O2S/c1-10-7-8-16-14-12(10)13(15)17(20(14,18)19)9-11-5-3-2-4-6-11/h2-8,15H,9H2,1H3. The summed E-state index contributed by atoms with van der Waals surface area (Å²) in [7, 11) is -3.72. The quantitative estimate of drug-likeness (QED) is 0.917. The summed E-state index contributed by atoms with van der Waals surface area (Å²) in [6.45, 7) is 1.94. The fourth-order valence-corrected chi connectivity index (χ4v) is 3.85. The lowest BCUT2D eigenvalue weighted by Crippen LogP contribution is -2.29. The maximum atomic E-state index is 12.5. The van der Waals surface area contributed by atoms with Crippen molar-refractivity contribution >= 4 is 15.9 Å². The molecule has 0 saturated heterocycles. The highest BCUT2D eigenvalue weighted by Gasteiger charge is 2.40. The van der Waals surface area contributed by atoms with E-state index in [4.69, 9.17) is 5.41 Å². The topological polar surface area (TPSA) is 74.1 Å². The monoisotopic (exact) mass is 287 g/mol. The third kappa shape index (κ3) is 1.80. The van der Waals surface area contributed by atoms with E-state index in [1.54, 1.807) is 13.0 Å². The molecule has 1 aliphatic heterocycles. The SMILES string of the molecule is Cc1ccnc2c1C(=N)N(Cc1ccccc1)S2(=O)=O. The van der Waals surface area contributed by atoms with Gasteiger partial charge in [0.05, 0.1) is 12.1 Å². The molecule has 3 rings (SSSR count). The molecule has 0 unspecified atom stereocenters. The van der Waals surface area contributed by atoms with Crippen molar-refractivity contribution in [1.29, 1.82) is 5.41 Å². The fraction of sp³-hybridized carbons (Fsp3) is 0.143. The number of benzene rings is 1. The Morgan fingerprint density at radius 2 is 1.90 bits per heavy atom. The first-order valence-electron chi connectivity index (χ1n) is 6.13. The first kappa shape index (κ1) is 12.8. The molecule has 0 fully saturated rings. The van der Waals surface area contributed by atoms with Crippen LogP contribution in [0.2, 0.25) is 0 Å². The fourth-order valence-electron chi connectivity index (χ4n) is 2.28. The van der Waals surface area contributed by atoms with Crippen molar-refractivity contribution in [2.24, 2.45) is 0 Å². The molecule has 0 bridgehead atoms. The van der Waals surface area contributed by atoms with Crippen molar-refractivity contribution in [2.75, 3.05) is 0 Å². The predicted octanol–water partition coefficient (Wildman–Crippen LogP) is 1.92. The number of hydrogen-bond donors (Lipinski definition) is 1. The zero-order valence-corrected chi connectivity index (χ0v) is 11.7. The minimum Gasteiger partial charge on any atom is -0.283 e. The molecule has 2 aromatic rings. The molecule has 1 aliphatic rings. The van der Waals surface area contributed by atoms with E-state index in [1.807, 2.05) is 30.3 Å². The summed E-state index contributed by atoms with van der Waals surface area (Å²) in [4.78, 5) is 3.94. The minimum absolute atomic E-state index is 0.00514. The zero-order chi connectivity index (χ0) is 14.3. The Bertz CT molecular complexity index is 785. The van der Waals surface area contributed by atoms with E-state index >= 15 is 0 Å². The number of aryl methyl sites for hydroxylation is 1. The van der Waals surface area contributed by atoms with Crippen LogP contribution in [0.3, 0.4) is 0 Å². The van der Waals surface area contributed by atoms with Crippen LogP contribution in [-0.2, 0) is 16.6 Å². The Labute approximate surface area is 117 Å². The average molecular weight is 287 g/mol. The Morgan fingerprint density at radius 1 is 1.20 bits per heavy atom. The van der Waals surface area contributed by atoms with E-state index in [-0.39, 0.29) is 17.4 Å². The molecule has 5 nitrogen and oxygen atoms in total. The number of fused-ring (bicyclic) bond motifs is 1. The number of nitrogens with one attached hydrogen (secondary N) is 1. The minimum atomic E-state index is -3.72. The molecule has 0 amide bonds. The van der Waals surface area contributed by atoms with E-state index in [0.29, 0.717) is 5.56 Å². The lowest BCUT2D eigenvalue weighted by atomic mass is 10.1. The number of pyridine rings is 1. The number of rotatable bonds is 2. The first-order valence-corrected chi connectivity index (χ1v) is 7.57. The smallest absolute Gasteiger partial charge is 0.283 e. The van der Waals surface area contributed by atoms with E-state index in [9.17, 15) is 8.42 Å². The van der Waals surface area contributed by atoms with Gasteiger partial charge >= 0.3 is 0 Å².